The standard InChI is InChI=1S/C17H21F3N4S.HI/c1-3-15-24-14(11-25-15)10-23-16(21-2)22-9-8-12-4-6-13(7-5-12)17(18,19)20;/h4-7,11H,3,8-10H2,1-2H3,(H2,21,22,23);1H. The third kappa shape index (κ3) is 7.10. The van der Waals surface area contributed by atoms with E-state index in [1.807, 2.05) is 5.38 Å². The first-order valence-corrected chi connectivity index (χ1v) is 8.84. The fourth-order valence-corrected chi connectivity index (χ4v) is 2.92. The molecule has 2 N–H and O–H groups in total. The lowest BCUT2D eigenvalue weighted by atomic mass is 10.1. The lowest BCUT2D eigenvalue weighted by Crippen LogP contribution is -2.37. The molecule has 2 rings (SSSR count). The van der Waals surface area contributed by atoms with Gasteiger partial charge in [0, 0.05) is 19.0 Å². The number of hydrogen-bond acceptors (Lipinski definition) is 3. The summed E-state index contributed by atoms with van der Waals surface area (Å²) in [5.41, 5.74) is 1.17. The van der Waals surface area contributed by atoms with E-state index in [0.717, 1.165) is 34.8 Å². The van der Waals surface area contributed by atoms with E-state index >= 15 is 0 Å². The Kier molecular flexibility index (Phi) is 9.34. The van der Waals surface area contributed by atoms with Crippen molar-refractivity contribution in [2.24, 2.45) is 4.99 Å². The molecule has 2 aromatic rings. The molecule has 0 aliphatic heterocycles. The first-order valence-electron chi connectivity index (χ1n) is 7.96. The minimum Gasteiger partial charge on any atom is -0.356 e. The number of nitrogens with zero attached hydrogens (tertiary/aromatic N) is 2. The highest BCUT2D eigenvalue weighted by molar-refractivity contribution is 14.0. The zero-order valence-corrected chi connectivity index (χ0v) is 17.7. The van der Waals surface area contributed by atoms with Crippen LogP contribution >= 0.6 is 35.3 Å². The van der Waals surface area contributed by atoms with Crippen molar-refractivity contribution in [3.8, 4) is 0 Å². The van der Waals surface area contributed by atoms with Crippen molar-refractivity contribution < 1.29 is 13.2 Å². The van der Waals surface area contributed by atoms with Gasteiger partial charge >= 0.3 is 6.18 Å². The minimum absolute atomic E-state index is 0. The number of rotatable bonds is 6. The summed E-state index contributed by atoms with van der Waals surface area (Å²) in [6, 6.07) is 5.22. The molecule has 0 atom stereocenters. The Hall–Kier alpha value is -1.36. The largest absolute Gasteiger partial charge is 0.416 e. The maximum absolute atomic E-state index is 12.5. The van der Waals surface area contributed by atoms with Crippen LogP contribution in [-0.2, 0) is 25.6 Å². The monoisotopic (exact) mass is 498 g/mol. The maximum atomic E-state index is 12.5. The van der Waals surface area contributed by atoms with Gasteiger partial charge in [0.2, 0.25) is 0 Å². The van der Waals surface area contributed by atoms with Gasteiger partial charge in [0.1, 0.15) is 0 Å². The summed E-state index contributed by atoms with van der Waals surface area (Å²) in [5.74, 6) is 0.637. The molecule has 1 heterocycles. The van der Waals surface area contributed by atoms with Crippen LogP contribution in [0.15, 0.2) is 34.6 Å². The molecule has 26 heavy (non-hydrogen) atoms. The van der Waals surface area contributed by atoms with E-state index in [0.29, 0.717) is 25.5 Å². The Labute approximate surface area is 172 Å². The van der Waals surface area contributed by atoms with E-state index in [2.05, 4.69) is 27.5 Å². The molecule has 0 aliphatic rings. The van der Waals surface area contributed by atoms with E-state index in [9.17, 15) is 13.2 Å². The van der Waals surface area contributed by atoms with Crippen molar-refractivity contribution >= 4 is 41.3 Å². The molecule has 0 fully saturated rings. The van der Waals surface area contributed by atoms with Crippen LogP contribution < -0.4 is 10.6 Å². The zero-order valence-electron chi connectivity index (χ0n) is 14.6. The Morgan fingerprint density at radius 2 is 1.88 bits per heavy atom. The molecule has 0 saturated heterocycles. The Morgan fingerprint density at radius 1 is 1.19 bits per heavy atom. The predicted molar refractivity (Wildman–Crippen MR) is 110 cm³/mol. The summed E-state index contributed by atoms with van der Waals surface area (Å²) in [7, 11) is 1.67. The summed E-state index contributed by atoms with van der Waals surface area (Å²) in [6.07, 6.45) is -2.77. The molecule has 0 spiro atoms. The normalized spacial score (nSPS) is 11.8. The first kappa shape index (κ1) is 22.7. The lowest BCUT2D eigenvalue weighted by Gasteiger charge is -2.11. The Bertz CT molecular complexity index is 699. The molecule has 4 nitrogen and oxygen atoms in total. The van der Waals surface area contributed by atoms with Crippen molar-refractivity contribution in [2.45, 2.75) is 32.5 Å². The van der Waals surface area contributed by atoms with E-state index in [4.69, 9.17) is 0 Å². The average Bonchev–Trinajstić information content (AvgIpc) is 3.05. The van der Waals surface area contributed by atoms with E-state index in [1.54, 1.807) is 18.4 Å². The molecule has 0 saturated carbocycles. The van der Waals surface area contributed by atoms with Crippen LogP contribution in [0.2, 0.25) is 0 Å². The van der Waals surface area contributed by atoms with Crippen LogP contribution in [0.5, 0.6) is 0 Å². The molecular weight excluding hydrogens is 476 g/mol. The molecule has 9 heteroatoms. The first-order chi connectivity index (χ1) is 11.9. The second kappa shape index (κ2) is 10.7. The molecule has 0 amide bonds. The summed E-state index contributed by atoms with van der Waals surface area (Å²) in [4.78, 5) is 8.60. The Morgan fingerprint density at radius 3 is 2.42 bits per heavy atom. The topological polar surface area (TPSA) is 49.3 Å². The van der Waals surface area contributed by atoms with Crippen LogP contribution in [0.25, 0.3) is 0 Å². The average molecular weight is 498 g/mol. The van der Waals surface area contributed by atoms with Gasteiger partial charge in [0.05, 0.1) is 22.8 Å². The van der Waals surface area contributed by atoms with E-state index in [1.165, 1.54) is 12.1 Å². The summed E-state index contributed by atoms with van der Waals surface area (Å²) in [5, 5.41) is 9.43. The third-order valence-electron chi connectivity index (χ3n) is 3.55. The van der Waals surface area contributed by atoms with E-state index in [-0.39, 0.29) is 24.0 Å². The maximum Gasteiger partial charge on any atom is 0.416 e. The fraction of sp³-hybridized carbons (Fsp3) is 0.412. The highest BCUT2D eigenvalue weighted by Crippen LogP contribution is 2.29. The van der Waals surface area contributed by atoms with Gasteiger partial charge < -0.3 is 10.6 Å². The molecule has 0 radical (unpaired) electrons. The number of hydrogen-bond donors (Lipinski definition) is 2. The van der Waals surface area contributed by atoms with Crippen molar-refractivity contribution in [3.63, 3.8) is 0 Å². The number of aromatic nitrogens is 1. The quantitative estimate of drug-likeness (QED) is 0.356. The third-order valence-corrected chi connectivity index (χ3v) is 4.59. The van der Waals surface area contributed by atoms with Gasteiger partial charge in [-0.3, -0.25) is 4.99 Å². The van der Waals surface area contributed by atoms with Gasteiger partial charge in [0.25, 0.3) is 0 Å². The van der Waals surface area contributed by atoms with Crippen LogP contribution in [0.4, 0.5) is 13.2 Å². The number of guanidine groups is 1. The summed E-state index contributed by atoms with van der Waals surface area (Å²) >= 11 is 1.64. The molecule has 0 unspecified atom stereocenters. The highest BCUT2D eigenvalue weighted by Gasteiger charge is 2.29. The van der Waals surface area contributed by atoms with Crippen LogP contribution in [0.3, 0.4) is 0 Å². The number of aliphatic imine (C=N–C) groups is 1. The molecule has 144 valence electrons. The second-order valence-electron chi connectivity index (χ2n) is 5.38. The number of halogens is 4. The second-order valence-corrected chi connectivity index (χ2v) is 6.33. The summed E-state index contributed by atoms with van der Waals surface area (Å²) in [6.45, 7) is 3.22. The van der Waals surface area contributed by atoms with Gasteiger partial charge in [-0.1, -0.05) is 19.1 Å². The predicted octanol–water partition coefficient (Wildman–Crippen LogP) is 4.25. The van der Waals surface area contributed by atoms with Crippen molar-refractivity contribution in [3.05, 3.63) is 51.5 Å². The number of thiazole rings is 1. The lowest BCUT2D eigenvalue weighted by molar-refractivity contribution is -0.137. The number of alkyl halides is 3. The smallest absolute Gasteiger partial charge is 0.356 e. The molecule has 1 aromatic carbocycles. The fourth-order valence-electron chi connectivity index (χ4n) is 2.17. The van der Waals surface area contributed by atoms with Crippen molar-refractivity contribution in [2.75, 3.05) is 13.6 Å². The Balaban J connectivity index is 0.00000338. The number of nitrogens with one attached hydrogen (secondary N) is 2. The van der Waals surface area contributed by atoms with Gasteiger partial charge in [-0.15, -0.1) is 35.3 Å². The van der Waals surface area contributed by atoms with Crippen LogP contribution in [-0.4, -0.2) is 24.5 Å². The highest BCUT2D eigenvalue weighted by atomic mass is 127. The summed E-state index contributed by atoms with van der Waals surface area (Å²) < 4.78 is 37.6. The molecule has 1 aromatic heterocycles. The zero-order chi connectivity index (χ0) is 18.3. The number of benzene rings is 1. The molecule has 0 aliphatic carbocycles. The SMILES string of the molecule is CCc1nc(CNC(=NC)NCCc2ccc(C(F)(F)F)cc2)cs1.I. The van der Waals surface area contributed by atoms with Gasteiger partial charge in [0.15, 0.2) is 5.96 Å². The minimum atomic E-state index is -4.30. The molecule has 0 bridgehead atoms. The van der Waals surface area contributed by atoms with Gasteiger partial charge in [-0.25, -0.2) is 4.98 Å². The van der Waals surface area contributed by atoms with Gasteiger partial charge in [-0.2, -0.15) is 13.2 Å². The molecular formula is C17H22F3IN4S. The van der Waals surface area contributed by atoms with Crippen molar-refractivity contribution in [1.82, 2.24) is 15.6 Å². The van der Waals surface area contributed by atoms with E-state index < -0.39 is 11.7 Å². The van der Waals surface area contributed by atoms with Gasteiger partial charge in [-0.05, 0) is 30.5 Å². The van der Waals surface area contributed by atoms with Crippen molar-refractivity contribution in [1.29, 1.82) is 0 Å². The van der Waals surface area contributed by atoms with Crippen LogP contribution in [0.1, 0.15) is 28.8 Å². The van der Waals surface area contributed by atoms with Crippen LogP contribution in [0, 0.1) is 0 Å². The number of aryl methyl sites for hydroxylation is 1.